The molecule has 0 radical (unpaired) electrons. The highest BCUT2D eigenvalue weighted by atomic mass is 79.9. The van der Waals surface area contributed by atoms with Crippen LogP contribution in [-0.2, 0) is 11.3 Å². The summed E-state index contributed by atoms with van der Waals surface area (Å²) in [5.74, 6) is 1.74. The van der Waals surface area contributed by atoms with Gasteiger partial charge in [-0.3, -0.25) is 0 Å². The summed E-state index contributed by atoms with van der Waals surface area (Å²) in [6, 6.07) is 3.99. The highest BCUT2D eigenvalue weighted by Gasteiger charge is 2.09. The second kappa shape index (κ2) is 11.4. The van der Waals surface area contributed by atoms with E-state index in [4.69, 9.17) is 25.9 Å². The van der Waals surface area contributed by atoms with Crippen molar-refractivity contribution in [3.05, 3.63) is 33.3 Å². The zero-order valence-electron chi connectivity index (χ0n) is 14.7. The van der Waals surface area contributed by atoms with Crippen molar-refractivity contribution in [3.63, 3.8) is 0 Å². The van der Waals surface area contributed by atoms with E-state index < -0.39 is 0 Å². The van der Waals surface area contributed by atoms with Crippen LogP contribution >= 0.6 is 27.5 Å². The molecular weight excluding hydrogens is 394 g/mol. The Morgan fingerprint density at radius 3 is 2.62 bits per heavy atom. The summed E-state index contributed by atoms with van der Waals surface area (Å²) >= 11 is 8.89. The van der Waals surface area contributed by atoms with Crippen LogP contribution in [0.5, 0.6) is 11.5 Å². The molecule has 1 aromatic carbocycles. The summed E-state index contributed by atoms with van der Waals surface area (Å²) in [7, 11) is 0. The molecule has 4 nitrogen and oxygen atoms in total. The highest BCUT2D eigenvalue weighted by Crippen LogP contribution is 2.30. The summed E-state index contributed by atoms with van der Waals surface area (Å²) in [4.78, 5) is 5.17. The van der Waals surface area contributed by atoms with Crippen LogP contribution in [0.4, 0.5) is 0 Å². The maximum atomic E-state index is 5.94. The molecule has 0 heterocycles. The van der Waals surface area contributed by atoms with Crippen molar-refractivity contribution < 1.29 is 14.3 Å². The molecule has 1 aromatic rings. The Kier molecular flexibility index (Phi) is 9.88. The van der Waals surface area contributed by atoms with E-state index in [1.807, 2.05) is 32.9 Å². The van der Waals surface area contributed by atoms with Crippen LogP contribution in [0.25, 0.3) is 0 Å². The zero-order valence-corrected chi connectivity index (χ0v) is 17.0. The Morgan fingerprint density at radius 1 is 1.25 bits per heavy atom. The number of rotatable bonds is 10. The molecule has 0 saturated carbocycles. The molecule has 0 saturated heterocycles. The van der Waals surface area contributed by atoms with Gasteiger partial charge < -0.3 is 14.3 Å². The van der Waals surface area contributed by atoms with E-state index >= 15 is 0 Å². The number of halogens is 2. The van der Waals surface area contributed by atoms with Crippen molar-refractivity contribution in [1.29, 1.82) is 0 Å². The average Bonchev–Trinajstić information content (AvgIpc) is 2.51. The monoisotopic (exact) mass is 417 g/mol. The van der Waals surface area contributed by atoms with Gasteiger partial charge in [0.1, 0.15) is 24.7 Å². The van der Waals surface area contributed by atoms with Crippen molar-refractivity contribution in [2.75, 3.05) is 19.8 Å². The third-order valence-electron chi connectivity index (χ3n) is 3.07. The lowest BCUT2D eigenvalue weighted by molar-refractivity contribution is 0.127. The molecule has 0 amide bonds. The van der Waals surface area contributed by atoms with Crippen LogP contribution in [0.1, 0.15) is 38.3 Å². The van der Waals surface area contributed by atoms with Crippen LogP contribution < -0.4 is 9.47 Å². The smallest absolute Gasteiger partial charge is 0.125 e. The Bertz CT molecular complexity index is 580. The second-order valence-electron chi connectivity index (χ2n) is 5.46. The summed E-state index contributed by atoms with van der Waals surface area (Å²) < 4.78 is 12.2. The zero-order chi connectivity index (χ0) is 17.9. The van der Waals surface area contributed by atoms with Gasteiger partial charge in [0.25, 0.3) is 0 Å². The average molecular weight is 419 g/mol. The van der Waals surface area contributed by atoms with Crippen molar-refractivity contribution in [2.24, 2.45) is 5.16 Å². The standard InChI is InChI=1S/C18H25BrClNO3/c1-5-15-12-16(22-10-7-17(19)20)11-14(4)18(15)23-8-6-9-24-21-13(2)3/h7,11-12H,5-6,8-10H2,1-4H3/b17-7+. The number of aryl methyl sites for hydroxylation is 2. The van der Waals surface area contributed by atoms with E-state index in [1.165, 1.54) is 0 Å². The predicted octanol–water partition coefficient (Wildman–Crippen LogP) is 5.59. The number of nitrogens with zero attached hydrogens (tertiary/aromatic N) is 1. The first-order valence-electron chi connectivity index (χ1n) is 7.97. The summed E-state index contributed by atoms with van der Waals surface area (Å²) in [6.07, 6.45) is 3.41. The molecule has 0 aliphatic carbocycles. The summed E-state index contributed by atoms with van der Waals surface area (Å²) in [5.41, 5.74) is 3.09. The lowest BCUT2D eigenvalue weighted by Crippen LogP contribution is -2.05. The first kappa shape index (κ1) is 20.8. The Balaban J connectivity index is 2.60. The molecule has 134 valence electrons. The number of benzene rings is 1. The molecule has 0 aliphatic rings. The molecule has 0 aliphatic heterocycles. The van der Waals surface area contributed by atoms with Gasteiger partial charge in [0.15, 0.2) is 0 Å². The van der Waals surface area contributed by atoms with E-state index in [2.05, 4.69) is 28.0 Å². The molecule has 0 spiro atoms. The maximum absolute atomic E-state index is 5.94. The number of hydrogen-bond donors (Lipinski definition) is 0. The minimum atomic E-state index is 0.418. The Morgan fingerprint density at radius 2 is 2.00 bits per heavy atom. The minimum absolute atomic E-state index is 0.418. The largest absolute Gasteiger partial charge is 0.493 e. The van der Waals surface area contributed by atoms with Gasteiger partial charge >= 0.3 is 0 Å². The SMILES string of the molecule is CCc1cc(OC/C=C(/Cl)Br)cc(C)c1OCCCON=C(C)C. The third kappa shape index (κ3) is 8.06. The summed E-state index contributed by atoms with van der Waals surface area (Å²) in [6.45, 7) is 9.48. The quantitative estimate of drug-likeness (QED) is 0.282. The fourth-order valence-electron chi connectivity index (χ4n) is 2.04. The Hall–Kier alpha value is -1.20. The molecular formula is C18H25BrClNO3. The molecule has 0 aromatic heterocycles. The van der Waals surface area contributed by atoms with Gasteiger partial charge in [-0.1, -0.05) is 23.7 Å². The first-order chi connectivity index (χ1) is 11.4. The Labute approximate surface area is 157 Å². The second-order valence-corrected chi connectivity index (χ2v) is 7.18. The third-order valence-corrected chi connectivity index (χ3v) is 3.55. The van der Waals surface area contributed by atoms with Crippen LogP contribution in [0.3, 0.4) is 0 Å². The molecule has 0 N–H and O–H groups in total. The molecule has 6 heteroatoms. The van der Waals surface area contributed by atoms with Gasteiger partial charge in [-0.2, -0.15) is 0 Å². The van der Waals surface area contributed by atoms with Crippen LogP contribution in [0, 0.1) is 6.92 Å². The fourth-order valence-corrected chi connectivity index (χ4v) is 2.23. The fraction of sp³-hybridized carbons (Fsp3) is 0.500. The molecule has 0 bridgehead atoms. The number of hydrogen-bond acceptors (Lipinski definition) is 4. The normalized spacial score (nSPS) is 11.2. The van der Waals surface area contributed by atoms with E-state index in [1.54, 1.807) is 6.08 Å². The van der Waals surface area contributed by atoms with Crippen molar-refractivity contribution in [1.82, 2.24) is 0 Å². The molecule has 0 unspecified atom stereocenters. The highest BCUT2D eigenvalue weighted by molar-refractivity contribution is 9.12. The van der Waals surface area contributed by atoms with Crippen molar-refractivity contribution >= 4 is 33.2 Å². The molecule has 1 rings (SSSR count). The van der Waals surface area contributed by atoms with Gasteiger partial charge in [-0.15, -0.1) is 0 Å². The molecule has 0 fully saturated rings. The van der Waals surface area contributed by atoms with Crippen molar-refractivity contribution in [2.45, 2.75) is 40.5 Å². The van der Waals surface area contributed by atoms with Gasteiger partial charge in [0, 0.05) is 6.42 Å². The van der Waals surface area contributed by atoms with Crippen LogP contribution in [0.15, 0.2) is 27.3 Å². The van der Waals surface area contributed by atoms with Crippen molar-refractivity contribution in [3.8, 4) is 11.5 Å². The maximum Gasteiger partial charge on any atom is 0.125 e. The van der Waals surface area contributed by atoms with Gasteiger partial charge in [-0.05, 0) is 72.5 Å². The minimum Gasteiger partial charge on any atom is -0.493 e. The predicted molar refractivity (Wildman–Crippen MR) is 104 cm³/mol. The molecule has 24 heavy (non-hydrogen) atoms. The first-order valence-corrected chi connectivity index (χ1v) is 9.14. The lowest BCUT2D eigenvalue weighted by atomic mass is 10.1. The van der Waals surface area contributed by atoms with E-state index in [9.17, 15) is 0 Å². The van der Waals surface area contributed by atoms with E-state index in [-0.39, 0.29) is 0 Å². The van der Waals surface area contributed by atoms with Gasteiger partial charge in [0.05, 0.1) is 16.3 Å². The number of ether oxygens (including phenoxy) is 2. The van der Waals surface area contributed by atoms with Gasteiger partial charge in [0.2, 0.25) is 0 Å². The molecule has 0 atom stereocenters. The van der Waals surface area contributed by atoms with Crippen LogP contribution in [0.2, 0.25) is 0 Å². The number of oxime groups is 1. The van der Waals surface area contributed by atoms with E-state index in [0.29, 0.717) is 23.8 Å². The van der Waals surface area contributed by atoms with Gasteiger partial charge in [-0.25, -0.2) is 0 Å². The summed E-state index contributed by atoms with van der Waals surface area (Å²) in [5, 5.41) is 3.90. The van der Waals surface area contributed by atoms with E-state index in [0.717, 1.165) is 41.2 Å². The van der Waals surface area contributed by atoms with Crippen LogP contribution in [-0.4, -0.2) is 25.5 Å². The lowest BCUT2D eigenvalue weighted by Gasteiger charge is -2.15. The topological polar surface area (TPSA) is 40.0 Å².